The van der Waals surface area contributed by atoms with E-state index in [-0.39, 0.29) is 11.4 Å². The standard InChI is InChI=1S/C18H18N4O4/c23-11-14(24)17(25)15-16(20-19-12-7-3-1-4-8-12)18(26)22(21-15)13-9-5-2-6-10-13/h1-10,14,17,21,23-25H,11H2. The molecule has 3 rings (SSSR count). The molecule has 0 aliphatic carbocycles. The smallest absolute Gasteiger partial charge is 0.299 e. The molecule has 0 fully saturated rings. The number of nitrogens with zero attached hydrogens (tertiary/aromatic N) is 3. The highest BCUT2D eigenvalue weighted by molar-refractivity contribution is 5.46. The van der Waals surface area contributed by atoms with Gasteiger partial charge in [0, 0.05) is 0 Å². The molecule has 0 bridgehead atoms. The van der Waals surface area contributed by atoms with E-state index in [0.29, 0.717) is 11.4 Å². The van der Waals surface area contributed by atoms with Crippen molar-refractivity contribution < 1.29 is 15.3 Å². The molecule has 2 aromatic carbocycles. The molecule has 1 heterocycles. The fourth-order valence-electron chi connectivity index (χ4n) is 2.40. The summed E-state index contributed by atoms with van der Waals surface area (Å²) in [6.07, 6.45) is -3.00. The third kappa shape index (κ3) is 3.62. The monoisotopic (exact) mass is 354 g/mol. The number of azo groups is 1. The van der Waals surface area contributed by atoms with Gasteiger partial charge in [0.05, 0.1) is 23.7 Å². The zero-order chi connectivity index (χ0) is 18.5. The van der Waals surface area contributed by atoms with Gasteiger partial charge in [-0.05, 0) is 24.3 Å². The first kappa shape index (κ1) is 17.7. The maximum atomic E-state index is 12.7. The lowest BCUT2D eigenvalue weighted by Crippen LogP contribution is -2.22. The lowest BCUT2D eigenvalue weighted by molar-refractivity contribution is -0.0171. The van der Waals surface area contributed by atoms with Gasteiger partial charge in [-0.15, -0.1) is 5.11 Å². The second-order valence-electron chi connectivity index (χ2n) is 5.58. The molecule has 4 N–H and O–H groups in total. The molecule has 134 valence electrons. The van der Waals surface area contributed by atoms with Gasteiger partial charge in [0.15, 0.2) is 5.69 Å². The molecule has 0 radical (unpaired) electrons. The number of aromatic nitrogens is 2. The Balaban J connectivity index is 2.10. The SMILES string of the molecule is O=c1c(N=Nc2ccccc2)c(C(O)C(O)CO)[nH]n1-c1ccccc1. The van der Waals surface area contributed by atoms with Crippen LogP contribution in [0.25, 0.3) is 5.69 Å². The molecule has 0 saturated heterocycles. The number of para-hydroxylation sites is 1. The Morgan fingerprint density at radius 3 is 2.19 bits per heavy atom. The molecule has 3 aromatic rings. The number of hydrogen-bond donors (Lipinski definition) is 4. The first-order chi connectivity index (χ1) is 12.6. The minimum Gasteiger partial charge on any atom is -0.394 e. The maximum absolute atomic E-state index is 12.7. The largest absolute Gasteiger partial charge is 0.394 e. The molecule has 0 aliphatic heterocycles. The highest BCUT2D eigenvalue weighted by atomic mass is 16.4. The normalized spacial score (nSPS) is 13.8. The molecule has 26 heavy (non-hydrogen) atoms. The summed E-state index contributed by atoms with van der Waals surface area (Å²) in [6.45, 7) is -0.672. The summed E-state index contributed by atoms with van der Waals surface area (Å²) in [7, 11) is 0. The molecule has 0 spiro atoms. The van der Waals surface area contributed by atoms with Gasteiger partial charge in [0.1, 0.15) is 12.2 Å². The van der Waals surface area contributed by atoms with Crippen LogP contribution >= 0.6 is 0 Å². The lowest BCUT2D eigenvalue weighted by atomic mass is 10.1. The van der Waals surface area contributed by atoms with Crippen LogP contribution in [0.5, 0.6) is 0 Å². The number of aliphatic hydroxyl groups excluding tert-OH is 3. The van der Waals surface area contributed by atoms with Gasteiger partial charge < -0.3 is 15.3 Å². The third-order valence-electron chi connectivity index (χ3n) is 3.78. The van der Waals surface area contributed by atoms with Crippen LogP contribution in [-0.4, -0.2) is 37.8 Å². The first-order valence-electron chi connectivity index (χ1n) is 7.96. The fraction of sp³-hybridized carbons (Fsp3) is 0.167. The Hall–Kier alpha value is -3.07. The Bertz CT molecular complexity index is 935. The second kappa shape index (κ2) is 7.87. The summed E-state index contributed by atoms with van der Waals surface area (Å²) in [4.78, 5) is 12.7. The van der Waals surface area contributed by atoms with Crippen molar-refractivity contribution in [1.82, 2.24) is 9.78 Å². The highest BCUT2D eigenvalue weighted by Gasteiger charge is 2.26. The Morgan fingerprint density at radius 2 is 1.58 bits per heavy atom. The van der Waals surface area contributed by atoms with Crippen LogP contribution in [0.15, 0.2) is 75.7 Å². The summed E-state index contributed by atoms with van der Waals surface area (Å²) in [6, 6.07) is 17.5. The number of benzene rings is 2. The van der Waals surface area contributed by atoms with E-state index in [0.717, 1.165) is 0 Å². The van der Waals surface area contributed by atoms with Crippen LogP contribution in [0.4, 0.5) is 11.4 Å². The summed E-state index contributed by atoms with van der Waals surface area (Å²) >= 11 is 0. The number of aliphatic hydroxyl groups is 3. The van der Waals surface area contributed by atoms with Crippen molar-refractivity contribution >= 4 is 11.4 Å². The summed E-state index contributed by atoms with van der Waals surface area (Å²) in [5.74, 6) is 0. The number of nitrogens with one attached hydrogen (secondary N) is 1. The molecular weight excluding hydrogens is 336 g/mol. The van der Waals surface area contributed by atoms with E-state index in [9.17, 15) is 15.0 Å². The predicted molar refractivity (Wildman–Crippen MR) is 95.1 cm³/mol. The van der Waals surface area contributed by atoms with Gasteiger partial charge in [0.2, 0.25) is 0 Å². The molecule has 8 heteroatoms. The first-order valence-corrected chi connectivity index (χ1v) is 7.96. The minimum atomic E-state index is -1.53. The summed E-state index contributed by atoms with van der Waals surface area (Å²) in [5.41, 5.74) is 0.362. The molecule has 1 aromatic heterocycles. The van der Waals surface area contributed by atoms with E-state index >= 15 is 0 Å². The van der Waals surface area contributed by atoms with Gasteiger partial charge in [0.25, 0.3) is 5.56 Å². The fourth-order valence-corrected chi connectivity index (χ4v) is 2.40. The number of H-pyrrole nitrogens is 1. The van der Waals surface area contributed by atoms with Crippen molar-refractivity contribution in [2.24, 2.45) is 10.2 Å². The van der Waals surface area contributed by atoms with E-state index in [2.05, 4.69) is 15.3 Å². The van der Waals surface area contributed by atoms with Crippen molar-refractivity contribution in [3.8, 4) is 5.69 Å². The number of hydrogen-bond acceptors (Lipinski definition) is 6. The number of rotatable bonds is 6. The van der Waals surface area contributed by atoms with Crippen molar-refractivity contribution in [3.05, 3.63) is 76.7 Å². The van der Waals surface area contributed by atoms with Crippen LogP contribution in [0, 0.1) is 0 Å². The Labute approximate surface area is 148 Å². The molecule has 0 saturated carbocycles. The van der Waals surface area contributed by atoms with Crippen molar-refractivity contribution in [3.63, 3.8) is 0 Å². The highest BCUT2D eigenvalue weighted by Crippen LogP contribution is 2.26. The van der Waals surface area contributed by atoms with Gasteiger partial charge in [-0.1, -0.05) is 36.4 Å². The zero-order valence-electron chi connectivity index (χ0n) is 13.7. The average molecular weight is 354 g/mol. The van der Waals surface area contributed by atoms with E-state index in [1.165, 1.54) is 4.68 Å². The van der Waals surface area contributed by atoms with Crippen LogP contribution in [0.2, 0.25) is 0 Å². The molecule has 8 nitrogen and oxygen atoms in total. The van der Waals surface area contributed by atoms with E-state index in [4.69, 9.17) is 5.11 Å². The second-order valence-corrected chi connectivity index (χ2v) is 5.58. The van der Waals surface area contributed by atoms with Gasteiger partial charge in [-0.25, -0.2) is 4.68 Å². The number of aromatic amines is 1. The molecule has 0 amide bonds. The zero-order valence-corrected chi connectivity index (χ0v) is 13.7. The van der Waals surface area contributed by atoms with E-state index < -0.39 is 24.4 Å². The Kier molecular flexibility index (Phi) is 5.37. The average Bonchev–Trinajstić information content (AvgIpc) is 3.03. The van der Waals surface area contributed by atoms with Crippen molar-refractivity contribution in [2.45, 2.75) is 12.2 Å². The van der Waals surface area contributed by atoms with Gasteiger partial charge in [-0.2, -0.15) is 5.11 Å². The topological polar surface area (TPSA) is 123 Å². The summed E-state index contributed by atoms with van der Waals surface area (Å²) < 4.78 is 1.20. The van der Waals surface area contributed by atoms with E-state index in [1.54, 1.807) is 54.6 Å². The maximum Gasteiger partial charge on any atom is 0.299 e. The van der Waals surface area contributed by atoms with Crippen LogP contribution in [0.1, 0.15) is 11.8 Å². The Morgan fingerprint density at radius 1 is 0.962 bits per heavy atom. The van der Waals surface area contributed by atoms with Crippen LogP contribution in [0.3, 0.4) is 0 Å². The molecule has 0 aliphatic rings. The predicted octanol–water partition coefficient (Wildman–Crippen LogP) is 1.97. The van der Waals surface area contributed by atoms with E-state index in [1.807, 2.05) is 6.07 Å². The molecule has 2 unspecified atom stereocenters. The van der Waals surface area contributed by atoms with Crippen molar-refractivity contribution in [2.75, 3.05) is 6.61 Å². The molecule has 2 atom stereocenters. The quantitative estimate of drug-likeness (QED) is 0.505. The van der Waals surface area contributed by atoms with Crippen LogP contribution < -0.4 is 5.56 Å². The lowest BCUT2D eigenvalue weighted by Gasteiger charge is -2.14. The van der Waals surface area contributed by atoms with Crippen molar-refractivity contribution in [1.29, 1.82) is 0 Å². The molecular formula is C18H18N4O4. The van der Waals surface area contributed by atoms with Gasteiger partial charge in [-0.3, -0.25) is 9.89 Å². The third-order valence-corrected chi connectivity index (χ3v) is 3.78. The van der Waals surface area contributed by atoms with Crippen LogP contribution in [-0.2, 0) is 0 Å². The van der Waals surface area contributed by atoms with Gasteiger partial charge >= 0.3 is 0 Å². The minimum absolute atomic E-state index is 0.0277. The summed E-state index contributed by atoms with van der Waals surface area (Å²) in [5, 5.41) is 39.8.